The van der Waals surface area contributed by atoms with Crippen LogP contribution in [0.3, 0.4) is 0 Å². The molecule has 0 spiro atoms. The van der Waals surface area contributed by atoms with Crippen LogP contribution in [-0.2, 0) is 7.05 Å². The smallest absolute Gasteiger partial charge is 0.183 e. The number of H-pyrrole nitrogens is 1. The Labute approximate surface area is 103 Å². The molecule has 88 valence electrons. The van der Waals surface area contributed by atoms with Crippen LogP contribution in [0.2, 0.25) is 0 Å². The molecule has 0 unspecified atom stereocenters. The van der Waals surface area contributed by atoms with Gasteiger partial charge in [-0.1, -0.05) is 18.2 Å². The van der Waals surface area contributed by atoms with E-state index in [1.54, 1.807) is 11.6 Å². The van der Waals surface area contributed by atoms with Gasteiger partial charge in [0.25, 0.3) is 0 Å². The molecule has 3 rings (SSSR count). The van der Waals surface area contributed by atoms with Crippen molar-refractivity contribution in [2.75, 3.05) is 5.73 Å². The van der Waals surface area contributed by atoms with Gasteiger partial charge in [-0.25, -0.2) is 4.98 Å². The van der Waals surface area contributed by atoms with Crippen molar-refractivity contribution in [2.24, 2.45) is 7.05 Å². The molecule has 0 saturated carbocycles. The van der Waals surface area contributed by atoms with Gasteiger partial charge in [-0.2, -0.15) is 5.26 Å². The predicted molar refractivity (Wildman–Crippen MR) is 69.6 cm³/mol. The Hall–Kier alpha value is -2.74. The minimum atomic E-state index is 0.262. The van der Waals surface area contributed by atoms with E-state index < -0.39 is 0 Å². The van der Waals surface area contributed by atoms with Crippen molar-refractivity contribution in [1.29, 1.82) is 5.26 Å². The molecule has 1 aromatic carbocycles. The van der Waals surface area contributed by atoms with Crippen LogP contribution in [0.15, 0.2) is 30.5 Å². The summed E-state index contributed by atoms with van der Waals surface area (Å²) in [5, 5.41) is 10.0. The van der Waals surface area contributed by atoms with Gasteiger partial charge in [-0.15, -0.1) is 0 Å². The summed E-state index contributed by atoms with van der Waals surface area (Å²) in [4.78, 5) is 7.46. The number of hydrogen-bond acceptors (Lipinski definition) is 3. The van der Waals surface area contributed by atoms with Crippen LogP contribution in [0, 0.1) is 11.3 Å². The first-order chi connectivity index (χ1) is 8.72. The molecular weight excluding hydrogens is 226 g/mol. The normalized spacial score (nSPS) is 10.7. The van der Waals surface area contributed by atoms with E-state index in [4.69, 9.17) is 11.0 Å². The van der Waals surface area contributed by atoms with Gasteiger partial charge in [0.2, 0.25) is 0 Å². The Morgan fingerprint density at radius 1 is 1.39 bits per heavy atom. The van der Waals surface area contributed by atoms with Crippen LogP contribution in [0.25, 0.3) is 22.3 Å². The van der Waals surface area contributed by atoms with Gasteiger partial charge in [0.05, 0.1) is 0 Å². The molecule has 3 N–H and O–H groups in total. The Balaban J connectivity index is 2.30. The van der Waals surface area contributed by atoms with Crippen molar-refractivity contribution in [1.82, 2.24) is 14.5 Å². The third-order valence-corrected chi connectivity index (χ3v) is 3.08. The molecule has 5 nitrogen and oxygen atoms in total. The second-order valence-electron chi connectivity index (χ2n) is 4.09. The fourth-order valence-corrected chi connectivity index (χ4v) is 2.09. The highest BCUT2D eigenvalue weighted by molar-refractivity contribution is 5.94. The number of nitrogens with two attached hydrogens (primary N) is 1. The van der Waals surface area contributed by atoms with Crippen molar-refractivity contribution >= 4 is 16.7 Å². The number of aromatic nitrogens is 3. The average Bonchev–Trinajstić information content (AvgIpc) is 2.93. The SMILES string of the molecule is Cn1c(-c2c[nH]c3ccccc23)nc(C#N)c1N. The lowest BCUT2D eigenvalue weighted by molar-refractivity contribution is 0.938. The molecule has 2 aromatic heterocycles. The first kappa shape index (κ1) is 10.4. The van der Waals surface area contributed by atoms with Gasteiger partial charge in [0, 0.05) is 29.7 Å². The summed E-state index contributed by atoms with van der Waals surface area (Å²) in [6.45, 7) is 0. The number of aromatic amines is 1. The lowest BCUT2D eigenvalue weighted by Crippen LogP contribution is -1.98. The topological polar surface area (TPSA) is 83.4 Å². The molecule has 18 heavy (non-hydrogen) atoms. The maximum Gasteiger partial charge on any atom is 0.183 e. The van der Waals surface area contributed by atoms with Crippen molar-refractivity contribution in [3.8, 4) is 17.5 Å². The fraction of sp³-hybridized carbons (Fsp3) is 0.0769. The van der Waals surface area contributed by atoms with Gasteiger partial charge in [-0.05, 0) is 6.07 Å². The molecule has 0 fully saturated rings. The summed E-state index contributed by atoms with van der Waals surface area (Å²) in [7, 11) is 1.81. The van der Waals surface area contributed by atoms with Crippen molar-refractivity contribution in [3.63, 3.8) is 0 Å². The second kappa shape index (κ2) is 3.64. The van der Waals surface area contributed by atoms with E-state index in [0.717, 1.165) is 16.5 Å². The summed E-state index contributed by atoms with van der Waals surface area (Å²) in [5.74, 6) is 1.08. The first-order valence-electron chi connectivity index (χ1n) is 5.51. The Morgan fingerprint density at radius 3 is 2.89 bits per heavy atom. The number of benzene rings is 1. The van der Waals surface area contributed by atoms with Gasteiger partial charge in [0.15, 0.2) is 5.69 Å². The lowest BCUT2D eigenvalue weighted by atomic mass is 10.1. The monoisotopic (exact) mass is 237 g/mol. The second-order valence-corrected chi connectivity index (χ2v) is 4.09. The Morgan fingerprint density at radius 2 is 2.17 bits per heavy atom. The first-order valence-corrected chi connectivity index (χ1v) is 5.51. The van der Waals surface area contributed by atoms with Gasteiger partial charge < -0.3 is 15.3 Å². The van der Waals surface area contributed by atoms with Crippen LogP contribution in [0.4, 0.5) is 5.82 Å². The molecule has 2 heterocycles. The predicted octanol–water partition coefficient (Wildman–Crippen LogP) is 2.02. The van der Waals surface area contributed by atoms with Gasteiger partial charge >= 0.3 is 0 Å². The molecule has 3 aromatic rings. The molecule has 0 atom stereocenters. The fourth-order valence-electron chi connectivity index (χ4n) is 2.09. The summed E-state index contributed by atoms with van der Waals surface area (Å²) < 4.78 is 1.73. The number of nitrogen functional groups attached to an aromatic ring is 1. The lowest BCUT2D eigenvalue weighted by Gasteiger charge is -2.01. The number of nitrogens with zero attached hydrogens (tertiary/aromatic N) is 3. The molecule has 0 aliphatic rings. The number of para-hydroxylation sites is 1. The number of anilines is 1. The molecule has 0 amide bonds. The van der Waals surface area contributed by atoms with Crippen LogP contribution in [-0.4, -0.2) is 14.5 Å². The number of imidazole rings is 1. The van der Waals surface area contributed by atoms with Crippen LogP contribution in [0.1, 0.15) is 5.69 Å². The standard InChI is InChI=1S/C13H11N5/c1-18-12(15)11(6-14)17-13(18)9-7-16-10-5-3-2-4-8(9)10/h2-5,7,16H,15H2,1H3. The van der Waals surface area contributed by atoms with Gasteiger partial charge in [-0.3, -0.25) is 0 Å². The number of rotatable bonds is 1. The number of nitrogens with one attached hydrogen (secondary N) is 1. The van der Waals surface area contributed by atoms with E-state index in [9.17, 15) is 0 Å². The zero-order chi connectivity index (χ0) is 12.7. The van der Waals surface area contributed by atoms with E-state index >= 15 is 0 Å². The number of fused-ring (bicyclic) bond motifs is 1. The van der Waals surface area contributed by atoms with E-state index in [-0.39, 0.29) is 5.69 Å². The molecule has 0 radical (unpaired) electrons. The molecule has 0 saturated heterocycles. The Kier molecular flexibility index (Phi) is 2.10. The summed E-state index contributed by atoms with van der Waals surface area (Å²) in [6.07, 6.45) is 1.88. The van der Waals surface area contributed by atoms with E-state index in [2.05, 4.69) is 9.97 Å². The molecule has 0 bridgehead atoms. The molecule has 5 heteroatoms. The van der Waals surface area contributed by atoms with Crippen molar-refractivity contribution in [3.05, 3.63) is 36.2 Å². The largest absolute Gasteiger partial charge is 0.383 e. The molecular formula is C13H11N5. The van der Waals surface area contributed by atoms with Gasteiger partial charge in [0.1, 0.15) is 17.7 Å². The third kappa shape index (κ3) is 1.29. The van der Waals surface area contributed by atoms with Crippen LogP contribution in [0.5, 0.6) is 0 Å². The third-order valence-electron chi connectivity index (χ3n) is 3.08. The zero-order valence-corrected chi connectivity index (χ0v) is 9.81. The van der Waals surface area contributed by atoms with Crippen molar-refractivity contribution in [2.45, 2.75) is 0 Å². The maximum absolute atomic E-state index is 8.95. The number of hydrogen-bond donors (Lipinski definition) is 2. The Bertz CT molecular complexity index is 772. The summed E-state index contributed by atoms with van der Waals surface area (Å²) in [6, 6.07) is 9.95. The van der Waals surface area contributed by atoms with E-state index in [0.29, 0.717) is 11.6 Å². The number of nitriles is 1. The maximum atomic E-state index is 8.95. The molecule has 0 aliphatic heterocycles. The summed E-state index contributed by atoms with van der Waals surface area (Å²) >= 11 is 0. The van der Waals surface area contributed by atoms with E-state index in [1.807, 2.05) is 36.5 Å². The highest BCUT2D eigenvalue weighted by Crippen LogP contribution is 2.29. The zero-order valence-electron chi connectivity index (χ0n) is 9.81. The summed E-state index contributed by atoms with van der Waals surface area (Å²) in [5.41, 5.74) is 8.07. The van der Waals surface area contributed by atoms with E-state index in [1.165, 1.54) is 0 Å². The quantitative estimate of drug-likeness (QED) is 0.679. The minimum Gasteiger partial charge on any atom is -0.383 e. The highest BCUT2D eigenvalue weighted by Gasteiger charge is 2.15. The highest BCUT2D eigenvalue weighted by atomic mass is 15.1. The van der Waals surface area contributed by atoms with Crippen LogP contribution < -0.4 is 5.73 Å². The molecule has 0 aliphatic carbocycles. The minimum absolute atomic E-state index is 0.262. The van der Waals surface area contributed by atoms with Crippen molar-refractivity contribution < 1.29 is 0 Å². The average molecular weight is 237 g/mol. The van der Waals surface area contributed by atoms with Crippen LogP contribution >= 0.6 is 0 Å².